The van der Waals surface area contributed by atoms with Gasteiger partial charge in [0.1, 0.15) is 0 Å². The molecule has 0 saturated carbocycles. The van der Waals surface area contributed by atoms with Gasteiger partial charge in [-0.2, -0.15) is 0 Å². The van der Waals surface area contributed by atoms with Crippen molar-refractivity contribution in [2.45, 2.75) is 20.3 Å². The van der Waals surface area contributed by atoms with Gasteiger partial charge in [0.15, 0.2) is 0 Å². The van der Waals surface area contributed by atoms with Crippen LogP contribution in [-0.2, 0) is 11.2 Å². The summed E-state index contributed by atoms with van der Waals surface area (Å²) in [5.74, 6) is 0.498. The van der Waals surface area contributed by atoms with E-state index in [2.05, 4.69) is 13.8 Å². The zero-order chi connectivity index (χ0) is 15.0. The zero-order valence-electron chi connectivity index (χ0n) is 12.8. The number of nitrogens with two attached hydrogens (primary N) is 1. The summed E-state index contributed by atoms with van der Waals surface area (Å²) >= 11 is 0. The highest BCUT2D eigenvalue weighted by atomic mass is 16.5. The predicted molar refractivity (Wildman–Crippen MR) is 81.8 cm³/mol. The van der Waals surface area contributed by atoms with Crippen molar-refractivity contribution in [3.05, 3.63) is 35.4 Å². The molecule has 0 saturated heterocycles. The standard InChI is InChI=1S/C16H26N2O2/c1-13(2)12-18(9-10-20-3)16(19)15-6-4-5-14(11-15)7-8-17/h4-6,11,13H,7-10,12,17H2,1-3H3. The third-order valence-electron chi connectivity index (χ3n) is 3.05. The van der Waals surface area contributed by atoms with Gasteiger partial charge in [-0.3, -0.25) is 4.79 Å². The van der Waals surface area contributed by atoms with Gasteiger partial charge in [0.2, 0.25) is 0 Å². The number of nitrogens with zero attached hydrogens (tertiary/aromatic N) is 1. The minimum absolute atomic E-state index is 0.0645. The molecule has 0 atom stereocenters. The Morgan fingerprint density at radius 3 is 2.75 bits per heavy atom. The predicted octanol–water partition coefficient (Wildman–Crippen LogP) is 1.93. The maximum absolute atomic E-state index is 12.6. The minimum atomic E-state index is 0.0645. The van der Waals surface area contributed by atoms with E-state index in [1.54, 1.807) is 7.11 Å². The topological polar surface area (TPSA) is 55.6 Å². The number of carbonyl (C=O) groups excluding carboxylic acids is 1. The SMILES string of the molecule is COCCN(CC(C)C)C(=O)c1cccc(CCN)c1. The molecule has 112 valence electrons. The molecule has 1 aromatic carbocycles. The van der Waals surface area contributed by atoms with Crippen LogP contribution in [0.4, 0.5) is 0 Å². The Morgan fingerprint density at radius 1 is 1.40 bits per heavy atom. The van der Waals surface area contributed by atoms with E-state index in [-0.39, 0.29) is 5.91 Å². The Bertz CT molecular complexity index is 419. The second-order valence-corrected chi connectivity index (χ2v) is 5.38. The van der Waals surface area contributed by atoms with Crippen LogP contribution in [0.3, 0.4) is 0 Å². The first kappa shape index (κ1) is 16.7. The molecule has 2 N–H and O–H groups in total. The summed E-state index contributed by atoms with van der Waals surface area (Å²) in [6, 6.07) is 7.73. The molecule has 0 aliphatic rings. The minimum Gasteiger partial charge on any atom is -0.383 e. The largest absolute Gasteiger partial charge is 0.383 e. The van der Waals surface area contributed by atoms with Gasteiger partial charge in [0.05, 0.1) is 6.61 Å². The summed E-state index contributed by atoms with van der Waals surface area (Å²) in [4.78, 5) is 14.4. The van der Waals surface area contributed by atoms with E-state index in [1.807, 2.05) is 29.2 Å². The molecule has 0 spiro atoms. The van der Waals surface area contributed by atoms with Crippen LogP contribution in [-0.4, -0.2) is 44.2 Å². The highest BCUT2D eigenvalue weighted by Gasteiger charge is 2.16. The van der Waals surface area contributed by atoms with E-state index in [9.17, 15) is 4.79 Å². The lowest BCUT2D eigenvalue weighted by molar-refractivity contribution is 0.0672. The molecule has 0 fully saturated rings. The molecule has 1 amide bonds. The van der Waals surface area contributed by atoms with Crippen LogP contribution in [0, 0.1) is 5.92 Å². The van der Waals surface area contributed by atoms with Crippen molar-refractivity contribution < 1.29 is 9.53 Å². The number of amides is 1. The van der Waals surface area contributed by atoms with Crippen molar-refractivity contribution in [2.75, 3.05) is 33.4 Å². The summed E-state index contributed by atoms with van der Waals surface area (Å²) < 4.78 is 5.09. The van der Waals surface area contributed by atoms with Gasteiger partial charge < -0.3 is 15.4 Å². The number of benzene rings is 1. The lowest BCUT2D eigenvalue weighted by atomic mass is 10.1. The molecule has 4 nitrogen and oxygen atoms in total. The Labute approximate surface area is 121 Å². The zero-order valence-corrected chi connectivity index (χ0v) is 12.8. The molecule has 0 aliphatic heterocycles. The van der Waals surface area contributed by atoms with E-state index < -0.39 is 0 Å². The van der Waals surface area contributed by atoms with Gasteiger partial charge in [-0.05, 0) is 36.6 Å². The fourth-order valence-corrected chi connectivity index (χ4v) is 2.13. The van der Waals surface area contributed by atoms with Crippen LogP contribution in [0.2, 0.25) is 0 Å². The Hall–Kier alpha value is -1.39. The quantitative estimate of drug-likeness (QED) is 0.790. The number of rotatable bonds is 8. The normalized spacial score (nSPS) is 10.8. The fraction of sp³-hybridized carbons (Fsp3) is 0.562. The highest BCUT2D eigenvalue weighted by Crippen LogP contribution is 2.11. The van der Waals surface area contributed by atoms with E-state index in [0.29, 0.717) is 25.6 Å². The second kappa shape index (κ2) is 8.72. The summed E-state index contributed by atoms with van der Waals surface area (Å²) in [6.45, 7) is 6.73. The Balaban J connectivity index is 2.84. The summed E-state index contributed by atoms with van der Waals surface area (Å²) in [6.07, 6.45) is 0.795. The van der Waals surface area contributed by atoms with Crippen LogP contribution in [0.25, 0.3) is 0 Å². The molecular formula is C16H26N2O2. The number of methoxy groups -OCH3 is 1. The molecule has 1 aromatic rings. The van der Waals surface area contributed by atoms with Crippen molar-refractivity contribution in [3.63, 3.8) is 0 Å². The van der Waals surface area contributed by atoms with Crippen LogP contribution in [0.5, 0.6) is 0 Å². The maximum Gasteiger partial charge on any atom is 0.253 e. The van der Waals surface area contributed by atoms with Crippen molar-refractivity contribution >= 4 is 5.91 Å². The van der Waals surface area contributed by atoms with E-state index >= 15 is 0 Å². The van der Waals surface area contributed by atoms with Crippen LogP contribution < -0.4 is 5.73 Å². The number of hydrogen-bond acceptors (Lipinski definition) is 3. The van der Waals surface area contributed by atoms with Gasteiger partial charge in [-0.25, -0.2) is 0 Å². The molecule has 0 aliphatic carbocycles. The second-order valence-electron chi connectivity index (χ2n) is 5.38. The molecular weight excluding hydrogens is 252 g/mol. The maximum atomic E-state index is 12.6. The lowest BCUT2D eigenvalue weighted by Crippen LogP contribution is -2.36. The molecule has 4 heteroatoms. The molecule has 20 heavy (non-hydrogen) atoms. The number of ether oxygens (including phenoxy) is 1. The van der Waals surface area contributed by atoms with Gasteiger partial charge in [-0.15, -0.1) is 0 Å². The van der Waals surface area contributed by atoms with Crippen molar-refractivity contribution in [1.29, 1.82) is 0 Å². The van der Waals surface area contributed by atoms with E-state index in [4.69, 9.17) is 10.5 Å². The third kappa shape index (κ3) is 5.31. The van der Waals surface area contributed by atoms with Crippen molar-refractivity contribution in [3.8, 4) is 0 Å². The Kier molecular flexibility index (Phi) is 7.26. The molecule has 0 heterocycles. The number of carbonyl (C=O) groups is 1. The monoisotopic (exact) mass is 278 g/mol. The summed E-state index contributed by atoms with van der Waals surface area (Å²) in [5.41, 5.74) is 7.40. The molecule has 0 unspecified atom stereocenters. The third-order valence-corrected chi connectivity index (χ3v) is 3.05. The number of hydrogen-bond donors (Lipinski definition) is 1. The smallest absolute Gasteiger partial charge is 0.253 e. The van der Waals surface area contributed by atoms with Gasteiger partial charge in [0.25, 0.3) is 5.91 Å². The average Bonchev–Trinajstić information content (AvgIpc) is 2.43. The van der Waals surface area contributed by atoms with E-state index in [1.165, 1.54) is 0 Å². The average molecular weight is 278 g/mol. The highest BCUT2D eigenvalue weighted by molar-refractivity contribution is 5.94. The molecule has 0 radical (unpaired) electrons. The van der Waals surface area contributed by atoms with E-state index in [0.717, 1.165) is 24.1 Å². The Morgan fingerprint density at radius 2 is 2.15 bits per heavy atom. The van der Waals surface area contributed by atoms with Crippen molar-refractivity contribution in [2.24, 2.45) is 11.7 Å². The van der Waals surface area contributed by atoms with Crippen molar-refractivity contribution in [1.82, 2.24) is 4.90 Å². The molecule has 0 bridgehead atoms. The molecule has 1 rings (SSSR count). The lowest BCUT2D eigenvalue weighted by Gasteiger charge is -2.24. The first-order valence-corrected chi connectivity index (χ1v) is 7.15. The van der Waals surface area contributed by atoms with Gasteiger partial charge >= 0.3 is 0 Å². The first-order valence-electron chi connectivity index (χ1n) is 7.15. The summed E-state index contributed by atoms with van der Waals surface area (Å²) in [7, 11) is 1.65. The van der Waals surface area contributed by atoms with Gasteiger partial charge in [-0.1, -0.05) is 26.0 Å². The summed E-state index contributed by atoms with van der Waals surface area (Å²) in [5, 5.41) is 0. The van der Waals surface area contributed by atoms with Gasteiger partial charge in [0, 0.05) is 25.8 Å². The fourth-order valence-electron chi connectivity index (χ4n) is 2.13. The van der Waals surface area contributed by atoms with Crippen LogP contribution in [0.15, 0.2) is 24.3 Å². The van der Waals surface area contributed by atoms with Crippen LogP contribution in [0.1, 0.15) is 29.8 Å². The first-order chi connectivity index (χ1) is 9.58. The molecule has 0 aromatic heterocycles. The van der Waals surface area contributed by atoms with Crippen LogP contribution >= 0.6 is 0 Å².